The smallest absolute Gasteiger partial charge is 0.161 e. The third-order valence-corrected chi connectivity index (χ3v) is 12.4. The molecule has 0 unspecified atom stereocenters. The summed E-state index contributed by atoms with van der Waals surface area (Å²) in [4.78, 5) is 17.6. The molecule has 3 nitrogen and oxygen atoms in total. The quantitative estimate of drug-likeness (QED) is 0.183. The first-order valence-electron chi connectivity index (χ1n) is 18.3. The third kappa shape index (κ3) is 4.54. The number of benzene rings is 7. The van der Waals surface area contributed by atoms with Crippen LogP contribution in [0.25, 0.3) is 66.9 Å². The van der Waals surface area contributed by atoms with Gasteiger partial charge in [0.05, 0.1) is 16.8 Å². The van der Waals surface area contributed by atoms with Gasteiger partial charge in [0, 0.05) is 44.3 Å². The van der Waals surface area contributed by atoms with Gasteiger partial charge in [0.1, 0.15) is 0 Å². The minimum absolute atomic E-state index is 0.555. The summed E-state index contributed by atoms with van der Waals surface area (Å²) in [7, 11) is 0. The van der Waals surface area contributed by atoms with Gasteiger partial charge in [0.15, 0.2) is 5.82 Å². The lowest BCUT2D eigenvalue weighted by Crippen LogP contribution is -2.32. The van der Waals surface area contributed by atoms with E-state index in [-0.39, 0.29) is 0 Å². The first-order valence-corrected chi connectivity index (χ1v) is 19.1. The highest BCUT2D eigenvalue weighted by Crippen LogP contribution is 2.64. The molecule has 252 valence electrons. The molecule has 0 radical (unpaired) electrons. The van der Waals surface area contributed by atoms with Gasteiger partial charge in [0.2, 0.25) is 0 Å². The average molecular weight is 706 g/mol. The highest BCUT2D eigenvalue weighted by atomic mass is 32.2. The van der Waals surface area contributed by atoms with E-state index in [1.165, 1.54) is 59.7 Å². The minimum atomic E-state index is -0.555. The molecule has 0 bridgehead atoms. The van der Waals surface area contributed by atoms with E-state index in [1.54, 1.807) is 0 Å². The fourth-order valence-electron chi connectivity index (χ4n) is 8.77. The number of pyridine rings is 1. The summed E-state index contributed by atoms with van der Waals surface area (Å²) in [6.07, 6.45) is 3.86. The molecule has 4 heteroatoms. The monoisotopic (exact) mass is 705 g/mol. The van der Waals surface area contributed by atoms with Crippen LogP contribution in [-0.4, -0.2) is 15.0 Å². The molecule has 54 heavy (non-hydrogen) atoms. The Morgan fingerprint density at radius 3 is 1.56 bits per heavy atom. The van der Waals surface area contributed by atoms with Crippen molar-refractivity contribution in [3.05, 3.63) is 211 Å². The molecule has 11 rings (SSSR count). The molecule has 2 aliphatic rings. The van der Waals surface area contributed by atoms with Crippen molar-refractivity contribution in [1.29, 1.82) is 0 Å². The fraction of sp³-hybridized carbons (Fsp3) is 0.0200. The van der Waals surface area contributed by atoms with Gasteiger partial charge in [-0.1, -0.05) is 176 Å². The molecule has 1 aliphatic heterocycles. The summed E-state index contributed by atoms with van der Waals surface area (Å²) in [6.45, 7) is 0. The summed E-state index contributed by atoms with van der Waals surface area (Å²) in [5, 5.41) is 2.31. The number of fused-ring (bicyclic) bond motifs is 10. The van der Waals surface area contributed by atoms with Crippen molar-refractivity contribution in [2.24, 2.45) is 0 Å². The normalized spacial score (nSPS) is 13.3. The van der Waals surface area contributed by atoms with Crippen LogP contribution in [0.15, 0.2) is 198 Å². The third-order valence-electron chi connectivity index (χ3n) is 11.1. The highest BCUT2D eigenvalue weighted by Gasteiger charge is 2.51. The topological polar surface area (TPSA) is 38.7 Å². The SMILES string of the molecule is c1ccc(-c2cc(-c3ccccc3)nc(-c3cccc4c3Sc3c(-c5cccc6cnccc56)cccc3C43c4ccccc4-c4ccccc43)n2)cc1. The predicted molar refractivity (Wildman–Crippen MR) is 221 cm³/mol. The summed E-state index contributed by atoms with van der Waals surface area (Å²) < 4.78 is 0. The van der Waals surface area contributed by atoms with Crippen molar-refractivity contribution < 1.29 is 0 Å². The Kier molecular flexibility index (Phi) is 7.01. The zero-order chi connectivity index (χ0) is 35.6. The van der Waals surface area contributed by atoms with Crippen LogP contribution < -0.4 is 0 Å². The fourth-order valence-corrected chi connectivity index (χ4v) is 10.2. The maximum absolute atomic E-state index is 5.36. The second-order valence-electron chi connectivity index (χ2n) is 13.9. The van der Waals surface area contributed by atoms with Gasteiger partial charge in [-0.2, -0.15) is 0 Å². The van der Waals surface area contributed by atoms with Gasteiger partial charge < -0.3 is 0 Å². The van der Waals surface area contributed by atoms with E-state index in [4.69, 9.17) is 9.97 Å². The second-order valence-corrected chi connectivity index (χ2v) is 14.9. The largest absolute Gasteiger partial charge is 0.264 e. The maximum atomic E-state index is 5.36. The summed E-state index contributed by atoms with van der Waals surface area (Å²) in [5.41, 5.74) is 14.5. The van der Waals surface area contributed by atoms with E-state index in [9.17, 15) is 0 Å². The zero-order valence-electron chi connectivity index (χ0n) is 29.1. The Morgan fingerprint density at radius 2 is 0.907 bits per heavy atom. The molecule has 0 fully saturated rings. The summed E-state index contributed by atoms with van der Waals surface area (Å²) >= 11 is 1.85. The molecule has 1 aliphatic carbocycles. The van der Waals surface area contributed by atoms with Gasteiger partial charge in [-0.15, -0.1) is 0 Å². The van der Waals surface area contributed by atoms with Gasteiger partial charge in [-0.05, 0) is 62.0 Å². The first kappa shape index (κ1) is 31.0. The maximum Gasteiger partial charge on any atom is 0.161 e. The molecule has 0 atom stereocenters. The lowest BCUT2D eigenvalue weighted by atomic mass is 9.66. The van der Waals surface area contributed by atoms with Crippen LogP contribution >= 0.6 is 11.8 Å². The molecule has 0 N–H and O–H groups in total. The molecule has 1 spiro atoms. The number of nitrogens with zero attached hydrogens (tertiary/aromatic N) is 3. The molecule has 3 heterocycles. The van der Waals surface area contributed by atoms with E-state index in [2.05, 4.69) is 169 Å². The van der Waals surface area contributed by atoms with Crippen molar-refractivity contribution >= 4 is 22.5 Å². The Hall–Kier alpha value is -6.62. The van der Waals surface area contributed by atoms with E-state index in [0.717, 1.165) is 33.5 Å². The second kappa shape index (κ2) is 12.2. The van der Waals surface area contributed by atoms with Crippen molar-refractivity contribution in [3.8, 4) is 56.2 Å². The van der Waals surface area contributed by atoms with Crippen molar-refractivity contribution in [2.45, 2.75) is 15.2 Å². The molecule has 7 aromatic carbocycles. The van der Waals surface area contributed by atoms with Gasteiger partial charge in [-0.25, -0.2) is 9.97 Å². The number of hydrogen-bond acceptors (Lipinski definition) is 4. The van der Waals surface area contributed by atoms with Crippen LogP contribution in [0.3, 0.4) is 0 Å². The molecule has 9 aromatic rings. The molecule has 0 saturated heterocycles. The molecule has 2 aromatic heterocycles. The number of hydrogen-bond donors (Lipinski definition) is 0. The molecular weight excluding hydrogens is 675 g/mol. The Balaban J connectivity index is 1.24. The molecular formula is C50H31N3S. The van der Waals surface area contributed by atoms with Crippen LogP contribution in [0.2, 0.25) is 0 Å². The Bertz CT molecular complexity index is 2810. The lowest BCUT2D eigenvalue weighted by molar-refractivity contribution is 0.723. The number of aromatic nitrogens is 3. The Morgan fingerprint density at radius 1 is 0.407 bits per heavy atom. The zero-order valence-corrected chi connectivity index (χ0v) is 30.0. The summed E-state index contributed by atoms with van der Waals surface area (Å²) in [6, 6.07) is 63.3. The van der Waals surface area contributed by atoms with Crippen molar-refractivity contribution in [1.82, 2.24) is 15.0 Å². The van der Waals surface area contributed by atoms with Crippen LogP contribution in [0, 0.1) is 0 Å². The average Bonchev–Trinajstić information content (AvgIpc) is 3.54. The standard InChI is InChI=1S/C50H31N3S/c1-3-14-32(15-4-1)45-30-46(33-16-5-2-6-17-33)53-49(52-45)40-23-13-27-44-48(40)54-47-39(36-21-11-18-34-31-51-29-28-35(34)36)22-12-26-43(47)50(44)41-24-9-7-19-37(41)38-20-8-10-25-42(38)50/h1-31H. The summed E-state index contributed by atoms with van der Waals surface area (Å²) in [5.74, 6) is 0.714. The van der Waals surface area contributed by atoms with Crippen LogP contribution in [-0.2, 0) is 5.41 Å². The van der Waals surface area contributed by atoms with Gasteiger partial charge in [0.25, 0.3) is 0 Å². The number of rotatable bonds is 4. The van der Waals surface area contributed by atoms with Crippen LogP contribution in [0.5, 0.6) is 0 Å². The lowest BCUT2D eigenvalue weighted by Gasteiger charge is -2.41. The minimum Gasteiger partial charge on any atom is -0.264 e. The van der Waals surface area contributed by atoms with Gasteiger partial charge >= 0.3 is 0 Å². The molecule has 0 amide bonds. The van der Waals surface area contributed by atoms with Crippen LogP contribution in [0.1, 0.15) is 22.3 Å². The first-order chi connectivity index (χ1) is 26.8. The van der Waals surface area contributed by atoms with Crippen molar-refractivity contribution in [2.75, 3.05) is 0 Å². The predicted octanol–water partition coefficient (Wildman–Crippen LogP) is 12.5. The van der Waals surface area contributed by atoms with E-state index in [0.29, 0.717) is 5.82 Å². The van der Waals surface area contributed by atoms with E-state index in [1.807, 2.05) is 36.3 Å². The highest BCUT2D eigenvalue weighted by molar-refractivity contribution is 7.99. The van der Waals surface area contributed by atoms with Gasteiger partial charge in [-0.3, -0.25) is 4.98 Å². The molecule has 0 saturated carbocycles. The van der Waals surface area contributed by atoms with Crippen molar-refractivity contribution in [3.63, 3.8) is 0 Å². The van der Waals surface area contributed by atoms with Crippen LogP contribution in [0.4, 0.5) is 0 Å². The van der Waals surface area contributed by atoms with E-state index >= 15 is 0 Å². The Labute approximate surface area is 318 Å². The van der Waals surface area contributed by atoms with E-state index < -0.39 is 5.41 Å².